The minimum atomic E-state index is -0.131. The Balaban J connectivity index is 1.48. The van der Waals surface area contributed by atoms with E-state index in [-0.39, 0.29) is 24.8 Å². The van der Waals surface area contributed by atoms with E-state index in [0.29, 0.717) is 23.2 Å². The van der Waals surface area contributed by atoms with Crippen LogP contribution < -0.4 is 19.7 Å². The number of carbonyl (C=O) groups is 2. The first kappa shape index (κ1) is 20.9. The molecule has 3 aromatic rings. The van der Waals surface area contributed by atoms with Crippen LogP contribution in [0.3, 0.4) is 0 Å². The second-order valence-corrected chi connectivity index (χ2v) is 8.35. The summed E-state index contributed by atoms with van der Waals surface area (Å²) in [6, 6.07) is 13.1. The lowest BCUT2D eigenvalue weighted by molar-refractivity contribution is -0.121. The number of anilines is 2. The van der Waals surface area contributed by atoms with Crippen LogP contribution in [0.1, 0.15) is 17.4 Å². The van der Waals surface area contributed by atoms with E-state index in [1.807, 2.05) is 56.3 Å². The third kappa shape index (κ3) is 4.54. The normalized spacial score (nSPS) is 12.9. The summed E-state index contributed by atoms with van der Waals surface area (Å²) in [5, 5.41) is 3.43. The van der Waals surface area contributed by atoms with E-state index < -0.39 is 0 Å². The number of rotatable bonds is 6. The molecule has 0 spiro atoms. The monoisotopic (exact) mass is 437 g/mol. The van der Waals surface area contributed by atoms with Crippen molar-refractivity contribution in [1.29, 1.82) is 0 Å². The lowest BCUT2D eigenvalue weighted by Crippen LogP contribution is -2.35. The summed E-state index contributed by atoms with van der Waals surface area (Å²) in [6.45, 7) is 4.54. The van der Waals surface area contributed by atoms with Crippen molar-refractivity contribution < 1.29 is 19.1 Å². The number of carbonyl (C=O) groups excluding carboxylic acids is 2. The average molecular weight is 438 g/mol. The summed E-state index contributed by atoms with van der Waals surface area (Å²) < 4.78 is 10.9. The van der Waals surface area contributed by atoms with E-state index in [1.165, 1.54) is 11.3 Å². The number of aryl methyl sites for hydroxylation is 1. The molecule has 0 aliphatic carbocycles. The average Bonchev–Trinajstić information content (AvgIpc) is 3.12. The van der Waals surface area contributed by atoms with Crippen molar-refractivity contribution in [2.45, 2.75) is 20.3 Å². The first-order valence-electron chi connectivity index (χ1n) is 9.97. The Kier molecular flexibility index (Phi) is 5.90. The van der Waals surface area contributed by atoms with Crippen molar-refractivity contribution in [2.24, 2.45) is 0 Å². The zero-order chi connectivity index (χ0) is 22.0. The Morgan fingerprint density at radius 3 is 2.77 bits per heavy atom. The zero-order valence-corrected chi connectivity index (χ0v) is 18.4. The van der Waals surface area contributed by atoms with E-state index >= 15 is 0 Å². The summed E-state index contributed by atoms with van der Waals surface area (Å²) >= 11 is 1.42. The van der Waals surface area contributed by atoms with Crippen LogP contribution >= 0.6 is 11.3 Å². The van der Waals surface area contributed by atoms with Crippen LogP contribution in [0.5, 0.6) is 11.5 Å². The number of hydrogen-bond donors (Lipinski definition) is 1. The van der Waals surface area contributed by atoms with Gasteiger partial charge in [-0.15, -0.1) is 11.3 Å². The van der Waals surface area contributed by atoms with Gasteiger partial charge in [-0.1, -0.05) is 12.1 Å². The van der Waals surface area contributed by atoms with Gasteiger partial charge in [-0.05, 0) is 49.7 Å². The van der Waals surface area contributed by atoms with Gasteiger partial charge >= 0.3 is 0 Å². The van der Waals surface area contributed by atoms with Crippen LogP contribution in [0.4, 0.5) is 10.8 Å². The number of fused-ring (bicyclic) bond motifs is 1. The molecule has 0 unspecified atom stereocenters. The quantitative estimate of drug-likeness (QED) is 0.629. The molecular weight excluding hydrogens is 414 g/mol. The highest BCUT2D eigenvalue weighted by Gasteiger charge is 2.23. The number of benzene rings is 2. The molecule has 2 heterocycles. The van der Waals surface area contributed by atoms with Gasteiger partial charge in [0.25, 0.3) is 5.91 Å². The number of thiazole rings is 1. The summed E-state index contributed by atoms with van der Waals surface area (Å²) in [5.41, 5.74) is 3.25. The molecule has 31 heavy (non-hydrogen) atoms. The van der Waals surface area contributed by atoms with E-state index in [0.717, 1.165) is 27.4 Å². The molecule has 0 fully saturated rings. The van der Waals surface area contributed by atoms with Crippen molar-refractivity contribution >= 4 is 34.0 Å². The highest BCUT2D eigenvalue weighted by Crippen LogP contribution is 2.37. The number of ether oxygens (including phenoxy) is 2. The van der Waals surface area contributed by atoms with Gasteiger partial charge in [0.15, 0.2) is 11.7 Å². The maximum atomic E-state index is 12.5. The summed E-state index contributed by atoms with van der Waals surface area (Å²) in [5.74, 6) is 1.23. The third-order valence-electron chi connectivity index (χ3n) is 4.96. The predicted molar refractivity (Wildman–Crippen MR) is 121 cm³/mol. The fraction of sp³-hybridized carbons (Fsp3) is 0.261. The summed E-state index contributed by atoms with van der Waals surface area (Å²) in [4.78, 5) is 31.6. The molecular formula is C23H23N3O4S. The lowest BCUT2D eigenvalue weighted by atomic mass is 10.1. The van der Waals surface area contributed by atoms with Gasteiger partial charge in [0.05, 0.1) is 24.4 Å². The maximum absolute atomic E-state index is 12.5. The fourth-order valence-corrected chi connectivity index (χ4v) is 4.21. The summed E-state index contributed by atoms with van der Waals surface area (Å²) in [6.07, 6.45) is 0.253. The topological polar surface area (TPSA) is 80.8 Å². The second-order valence-electron chi connectivity index (χ2n) is 7.15. The van der Waals surface area contributed by atoms with Crippen LogP contribution in [0.2, 0.25) is 0 Å². The first-order chi connectivity index (χ1) is 14.9. The molecule has 0 radical (unpaired) electrons. The van der Waals surface area contributed by atoms with Crippen LogP contribution in [-0.2, 0) is 16.0 Å². The molecule has 0 saturated carbocycles. The van der Waals surface area contributed by atoms with Gasteiger partial charge in [-0.2, -0.15) is 0 Å². The highest BCUT2D eigenvalue weighted by atomic mass is 32.1. The number of likely N-dealkylation sites (N-methyl/N-ethyl adjacent to an activating group) is 1. The number of nitrogens with one attached hydrogen (secondary N) is 1. The Morgan fingerprint density at radius 2 is 2.03 bits per heavy atom. The van der Waals surface area contributed by atoms with Crippen molar-refractivity contribution in [1.82, 2.24) is 4.98 Å². The highest BCUT2D eigenvalue weighted by molar-refractivity contribution is 7.16. The van der Waals surface area contributed by atoms with Gasteiger partial charge in [0.1, 0.15) is 11.5 Å². The van der Waals surface area contributed by atoms with Gasteiger partial charge in [-0.3, -0.25) is 9.59 Å². The largest absolute Gasteiger partial charge is 0.494 e. The smallest absolute Gasteiger partial charge is 0.264 e. The van der Waals surface area contributed by atoms with Crippen LogP contribution in [0, 0.1) is 6.92 Å². The van der Waals surface area contributed by atoms with Crippen LogP contribution in [0.15, 0.2) is 42.5 Å². The molecule has 1 aliphatic heterocycles. The Morgan fingerprint density at radius 1 is 1.26 bits per heavy atom. The Hall–Kier alpha value is -3.39. The molecule has 7 nitrogen and oxygen atoms in total. The molecule has 1 N–H and O–H groups in total. The van der Waals surface area contributed by atoms with Gasteiger partial charge < -0.3 is 19.7 Å². The number of aromatic nitrogens is 1. The van der Waals surface area contributed by atoms with Crippen molar-refractivity contribution in [3.05, 3.63) is 52.9 Å². The Bertz CT molecular complexity index is 1120. The molecule has 0 atom stereocenters. The minimum Gasteiger partial charge on any atom is -0.494 e. The maximum Gasteiger partial charge on any atom is 0.264 e. The van der Waals surface area contributed by atoms with Crippen LogP contribution in [-0.4, -0.2) is 37.1 Å². The van der Waals surface area contributed by atoms with E-state index in [2.05, 4.69) is 10.3 Å². The number of hydrogen-bond acceptors (Lipinski definition) is 6. The van der Waals surface area contributed by atoms with Gasteiger partial charge in [0.2, 0.25) is 5.91 Å². The van der Waals surface area contributed by atoms with Crippen molar-refractivity contribution in [2.75, 3.05) is 30.5 Å². The van der Waals surface area contributed by atoms with Gasteiger partial charge in [0, 0.05) is 17.5 Å². The molecule has 0 saturated heterocycles. The Labute approximate surface area is 184 Å². The molecule has 2 aromatic carbocycles. The molecule has 160 valence electrons. The molecule has 0 bridgehead atoms. The molecule has 1 aromatic heterocycles. The van der Waals surface area contributed by atoms with Crippen molar-refractivity contribution in [3.63, 3.8) is 0 Å². The second kappa shape index (κ2) is 8.77. The van der Waals surface area contributed by atoms with E-state index in [4.69, 9.17) is 9.47 Å². The molecule has 8 heteroatoms. The van der Waals surface area contributed by atoms with E-state index in [1.54, 1.807) is 11.9 Å². The van der Waals surface area contributed by atoms with Gasteiger partial charge in [-0.25, -0.2) is 4.98 Å². The zero-order valence-electron chi connectivity index (χ0n) is 17.6. The SMILES string of the molecule is CCOc1ccc(CC(=O)Nc2nc(-c3ccc4c(c3)N(C)C(=O)CO4)c(C)s2)cc1. The van der Waals surface area contributed by atoms with Crippen molar-refractivity contribution in [3.8, 4) is 22.8 Å². The molecule has 1 aliphatic rings. The molecule has 4 rings (SSSR count). The first-order valence-corrected chi connectivity index (χ1v) is 10.8. The number of amides is 2. The summed E-state index contributed by atoms with van der Waals surface area (Å²) in [7, 11) is 1.73. The fourth-order valence-electron chi connectivity index (χ4n) is 3.36. The number of nitrogens with zero attached hydrogens (tertiary/aromatic N) is 2. The lowest BCUT2D eigenvalue weighted by Gasteiger charge is -2.26. The molecule has 2 amide bonds. The third-order valence-corrected chi connectivity index (χ3v) is 5.85. The predicted octanol–water partition coefficient (Wildman–Crippen LogP) is 4.05. The standard InChI is InChI=1S/C23H23N3O4S/c1-4-29-17-8-5-15(6-9-17)11-20(27)24-23-25-22(14(2)31-23)16-7-10-19-18(12-16)26(3)21(28)13-30-19/h5-10,12H,4,11,13H2,1-3H3,(H,24,25,27). The van der Waals surface area contributed by atoms with E-state index in [9.17, 15) is 9.59 Å². The minimum absolute atomic E-state index is 0.0448. The van der Waals surface area contributed by atoms with Crippen LogP contribution in [0.25, 0.3) is 11.3 Å².